The van der Waals surface area contributed by atoms with E-state index in [1.165, 1.54) is 5.56 Å². The van der Waals surface area contributed by atoms with E-state index in [-0.39, 0.29) is 13.1 Å². The molecule has 1 heterocycles. The molecule has 0 amide bonds. The Morgan fingerprint density at radius 1 is 0.778 bits per heavy atom. The zero-order chi connectivity index (χ0) is 19.5. The summed E-state index contributed by atoms with van der Waals surface area (Å²) in [5.74, 6) is 0.548. The van der Waals surface area contributed by atoms with Crippen molar-refractivity contribution in [1.29, 1.82) is 0 Å². The second-order valence-corrected chi connectivity index (χ2v) is 8.86. The van der Waals surface area contributed by atoms with Crippen LogP contribution >= 0.6 is 31.5 Å². The number of hydrogen-bond acceptors (Lipinski definition) is 3. The Morgan fingerprint density at radius 2 is 1.26 bits per heavy atom. The van der Waals surface area contributed by atoms with Gasteiger partial charge in [-0.25, -0.2) is 0 Å². The third-order valence-corrected chi connectivity index (χ3v) is 4.60. The third kappa shape index (κ3) is 8.00. The third-order valence-electron chi connectivity index (χ3n) is 3.65. The number of rotatable bonds is 5. The second-order valence-electron chi connectivity index (χ2n) is 5.89. The van der Waals surface area contributed by atoms with E-state index < -0.39 is 0 Å². The summed E-state index contributed by atoms with van der Waals surface area (Å²) in [6.45, 7) is 4.39. The van der Waals surface area contributed by atoms with E-state index in [0.29, 0.717) is 5.92 Å². The first-order valence-electron chi connectivity index (χ1n) is 8.30. The second kappa shape index (κ2) is 12.1. The first-order valence-corrected chi connectivity index (χ1v) is 12.2. The van der Waals surface area contributed by atoms with Crippen molar-refractivity contribution in [2.45, 2.75) is 19.8 Å². The van der Waals surface area contributed by atoms with Crippen LogP contribution in [0.4, 0.5) is 11.4 Å². The van der Waals surface area contributed by atoms with Gasteiger partial charge in [0, 0.05) is 22.2 Å². The van der Waals surface area contributed by atoms with Gasteiger partial charge in [0.2, 0.25) is 0 Å². The Hall–Kier alpha value is -1.42. The Morgan fingerprint density at radius 3 is 1.74 bits per heavy atom. The number of halogens is 2. The molecule has 0 aliphatic heterocycles. The van der Waals surface area contributed by atoms with E-state index in [9.17, 15) is 0 Å². The SMILES string of the molecule is CC(C)c1ccc(N=Cc2ccc(C=Nc3ccccc3)s2)cc1.[Cl][Fe][Cl]. The van der Waals surface area contributed by atoms with Crippen LogP contribution in [0.3, 0.4) is 0 Å². The molecule has 2 aromatic carbocycles. The van der Waals surface area contributed by atoms with Crippen LogP contribution in [0.1, 0.15) is 35.1 Å². The molecule has 0 unspecified atom stereocenters. The summed E-state index contributed by atoms with van der Waals surface area (Å²) in [6.07, 6.45) is 3.81. The summed E-state index contributed by atoms with van der Waals surface area (Å²) in [5.41, 5.74) is 3.28. The van der Waals surface area contributed by atoms with Gasteiger partial charge >= 0.3 is 33.3 Å². The summed E-state index contributed by atoms with van der Waals surface area (Å²) >= 11 is 1.88. The molecule has 0 N–H and O–H groups in total. The van der Waals surface area contributed by atoms with Gasteiger partial charge in [0.1, 0.15) is 0 Å². The molecule has 142 valence electrons. The van der Waals surface area contributed by atoms with Gasteiger partial charge in [-0.3, -0.25) is 9.98 Å². The minimum atomic E-state index is 0.194. The molecule has 2 nitrogen and oxygen atoms in total. The molecule has 0 aliphatic rings. The Labute approximate surface area is 179 Å². The van der Waals surface area contributed by atoms with Crippen LogP contribution in [0.15, 0.2) is 76.7 Å². The van der Waals surface area contributed by atoms with Crippen LogP contribution in [-0.2, 0) is 13.1 Å². The standard InChI is InChI=1S/C21H20N2S.2ClH.Fe/c1-16(2)17-8-10-19(11-9-17)23-15-21-13-12-20(24-21)14-22-18-6-4-3-5-7-18;;;/h3-16H,1-2H3;2*1H;/q;;;+2/p-2. The molecule has 0 saturated carbocycles. The van der Waals surface area contributed by atoms with Gasteiger partial charge < -0.3 is 0 Å². The van der Waals surface area contributed by atoms with E-state index in [2.05, 4.69) is 60.2 Å². The van der Waals surface area contributed by atoms with Crippen LogP contribution in [0.5, 0.6) is 0 Å². The number of benzene rings is 2. The van der Waals surface area contributed by atoms with Gasteiger partial charge in [-0.2, -0.15) is 0 Å². The molecule has 3 aromatic rings. The van der Waals surface area contributed by atoms with Gasteiger partial charge in [0.25, 0.3) is 0 Å². The number of aliphatic imine (C=N–C) groups is 2. The van der Waals surface area contributed by atoms with E-state index >= 15 is 0 Å². The first kappa shape index (κ1) is 21.9. The Balaban J connectivity index is 0.000000817. The van der Waals surface area contributed by atoms with Gasteiger partial charge in [0.15, 0.2) is 0 Å². The van der Waals surface area contributed by atoms with Crippen molar-refractivity contribution in [1.82, 2.24) is 0 Å². The van der Waals surface area contributed by atoms with E-state index in [1.807, 2.05) is 42.8 Å². The zero-order valence-electron chi connectivity index (χ0n) is 15.0. The minimum absolute atomic E-state index is 0.194. The summed E-state index contributed by atoms with van der Waals surface area (Å²) in [7, 11) is 9.53. The Kier molecular flexibility index (Phi) is 9.82. The fourth-order valence-corrected chi connectivity index (χ4v) is 3.00. The molecule has 0 saturated heterocycles. The average Bonchev–Trinajstić information content (AvgIpc) is 3.14. The van der Waals surface area contributed by atoms with Crippen molar-refractivity contribution in [3.8, 4) is 0 Å². The predicted molar refractivity (Wildman–Crippen MR) is 118 cm³/mol. The van der Waals surface area contributed by atoms with Gasteiger partial charge in [-0.15, -0.1) is 11.3 Å². The number of nitrogens with zero attached hydrogens (tertiary/aromatic N) is 2. The monoisotopic (exact) mass is 458 g/mol. The molecule has 6 heteroatoms. The van der Waals surface area contributed by atoms with Crippen molar-refractivity contribution >= 4 is 55.3 Å². The number of hydrogen-bond donors (Lipinski definition) is 0. The van der Waals surface area contributed by atoms with Crippen molar-refractivity contribution in [3.63, 3.8) is 0 Å². The van der Waals surface area contributed by atoms with E-state index in [4.69, 9.17) is 20.2 Å². The topological polar surface area (TPSA) is 24.7 Å². The van der Waals surface area contributed by atoms with Crippen molar-refractivity contribution in [2.75, 3.05) is 0 Å². The molecule has 0 atom stereocenters. The molecule has 1 aromatic heterocycles. The maximum atomic E-state index is 4.76. The van der Waals surface area contributed by atoms with E-state index in [0.717, 1.165) is 21.1 Å². The van der Waals surface area contributed by atoms with Gasteiger partial charge in [-0.05, 0) is 47.9 Å². The number of thiophene rings is 1. The van der Waals surface area contributed by atoms with Gasteiger partial charge in [-0.1, -0.05) is 44.2 Å². The van der Waals surface area contributed by atoms with E-state index in [1.54, 1.807) is 11.3 Å². The predicted octanol–water partition coefficient (Wildman–Crippen LogP) is 7.75. The summed E-state index contributed by atoms with van der Waals surface area (Å²) in [6, 6.07) is 22.5. The summed E-state index contributed by atoms with van der Waals surface area (Å²) < 4.78 is 0. The van der Waals surface area contributed by atoms with Gasteiger partial charge in [0.05, 0.1) is 11.4 Å². The summed E-state index contributed by atoms with van der Waals surface area (Å²) in [5, 5.41) is 0. The molecule has 0 fully saturated rings. The fraction of sp³-hybridized carbons (Fsp3) is 0.143. The van der Waals surface area contributed by atoms with Crippen LogP contribution in [-0.4, -0.2) is 12.4 Å². The number of para-hydroxylation sites is 1. The van der Waals surface area contributed by atoms with Crippen LogP contribution in [0.2, 0.25) is 0 Å². The molecule has 0 radical (unpaired) electrons. The molecule has 27 heavy (non-hydrogen) atoms. The molecule has 3 rings (SSSR count). The van der Waals surface area contributed by atoms with Crippen LogP contribution in [0, 0.1) is 0 Å². The van der Waals surface area contributed by atoms with Crippen molar-refractivity contribution < 1.29 is 13.1 Å². The van der Waals surface area contributed by atoms with Crippen molar-refractivity contribution in [2.24, 2.45) is 9.98 Å². The van der Waals surface area contributed by atoms with Crippen LogP contribution < -0.4 is 0 Å². The average molecular weight is 459 g/mol. The molecular weight excluding hydrogens is 439 g/mol. The summed E-state index contributed by atoms with van der Waals surface area (Å²) in [4.78, 5) is 11.3. The fourth-order valence-electron chi connectivity index (χ4n) is 2.24. The van der Waals surface area contributed by atoms with Crippen LogP contribution in [0.25, 0.3) is 0 Å². The molecule has 0 spiro atoms. The zero-order valence-corrected chi connectivity index (χ0v) is 18.4. The van der Waals surface area contributed by atoms with Crippen molar-refractivity contribution in [3.05, 3.63) is 82.0 Å². The first-order chi connectivity index (χ1) is 13.1. The normalized spacial score (nSPS) is 11.3. The molecular formula is C21H20Cl2FeN2S. The quantitative estimate of drug-likeness (QED) is 0.275. The maximum absolute atomic E-state index is 4.76. The molecule has 0 aliphatic carbocycles. The Bertz CT molecular complexity index is 859. The molecule has 0 bridgehead atoms.